The molecule has 1 aromatic carbocycles. The topological polar surface area (TPSA) is 9.23 Å². The van der Waals surface area contributed by atoms with Gasteiger partial charge in [-0.05, 0) is 0 Å². The normalized spacial score (nSPS) is 18.2. The smallest absolute Gasteiger partial charge is 0.147 e. The molecule has 126 valence electrons. The summed E-state index contributed by atoms with van der Waals surface area (Å²) in [6, 6.07) is 6.66. The molecular weight excluding hydrogens is 340 g/mol. The van der Waals surface area contributed by atoms with Gasteiger partial charge in [-0.15, -0.1) is 12.4 Å². The van der Waals surface area contributed by atoms with Gasteiger partial charge in [0.2, 0.25) is 0 Å². The van der Waals surface area contributed by atoms with E-state index < -0.39 is 19.5 Å². The number of hydrogen-bond acceptors (Lipinski definition) is 1. The Morgan fingerprint density at radius 2 is 1.57 bits per heavy atom. The number of rotatable bonds is 3. The molecule has 1 aliphatic carbocycles. The van der Waals surface area contributed by atoms with E-state index in [1.54, 1.807) is 3.88 Å². The third-order valence-corrected chi connectivity index (χ3v) is 6.97. The Kier molecular flexibility index (Phi) is 6.78. The standard InChI is InChI=1S/C11H16O.C9H13.ClH.Ti/c1-8-5-9(11(2,3)4)7-10(12)6-8;1-6-5-7(2)9(4)8(6)3;;/h5-7,12H,1-4H3;6H,1-4H3;1H;/q;;;+1/p-1. The number of allylic oxidation sites excluding steroid dienone is 4. The van der Waals surface area contributed by atoms with Crippen molar-refractivity contribution in [1.29, 1.82) is 0 Å². The predicted octanol–water partition coefficient (Wildman–Crippen LogP) is 6.35. The first kappa shape index (κ1) is 20.5. The molecule has 23 heavy (non-hydrogen) atoms. The SMILES string of the molecule is CC1=C(C)C(C)[C]([Ti][O]c2cc(C)cc(C(C)(C)C)c2)=C1C.Cl. The monoisotopic (exact) mass is 368 g/mol. The van der Waals surface area contributed by atoms with Crippen LogP contribution in [-0.4, -0.2) is 0 Å². The molecule has 0 bridgehead atoms. The van der Waals surface area contributed by atoms with Gasteiger partial charge < -0.3 is 0 Å². The minimum atomic E-state index is -0.567. The molecule has 1 aromatic rings. The Labute approximate surface area is 157 Å². The van der Waals surface area contributed by atoms with E-state index in [1.165, 1.54) is 27.8 Å². The van der Waals surface area contributed by atoms with Crippen LogP contribution < -0.4 is 3.32 Å². The van der Waals surface area contributed by atoms with E-state index in [1.807, 2.05) is 0 Å². The number of benzene rings is 1. The molecule has 0 fully saturated rings. The zero-order valence-electron chi connectivity index (χ0n) is 15.6. The predicted molar refractivity (Wildman–Crippen MR) is 98.0 cm³/mol. The van der Waals surface area contributed by atoms with E-state index in [4.69, 9.17) is 3.32 Å². The summed E-state index contributed by atoms with van der Waals surface area (Å²) in [4.78, 5) is 0. The largest absolute Gasteiger partial charge is 0.147 e. The van der Waals surface area contributed by atoms with E-state index in [0.717, 1.165) is 5.75 Å². The van der Waals surface area contributed by atoms with Crippen molar-refractivity contribution in [2.75, 3.05) is 0 Å². The van der Waals surface area contributed by atoms with Gasteiger partial charge in [-0.3, -0.25) is 0 Å². The van der Waals surface area contributed by atoms with Crippen molar-refractivity contribution in [2.24, 2.45) is 5.92 Å². The number of aryl methyl sites for hydroxylation is 1. The summed E-state index contributed by atoms with van der Waals surface area (Å²) in [5, 5.41) is 0. The van der Waals surface area contributed by atoms with E-state index in [2.05, 4.69) is 73.6 Å². The minimum absolute atomic E-state index is 0. The molecule has 1 unspecified atom stereocenters. The summed E-state index contributed by atoms with van der Waals surface area (Å²) < 4.78 is 7.83. The van der Waals surface area contributed by atoms with Gasteiger partial charge in [-0.1, -0.05) is 0 Å². The Hall–Kier alpha value is -0.496. The Bertz CT molecular complexity index is 650. The van der Waals surface area contributed by atoms with Gasteiger partial charge in [-0.2, -0.15) is 0 Å². The molecule has 0 aromatic heterocycles. The zero-order chi connectivity index (χ0) is 16.7. The Morgan fingerprint density at radius 1 is 0.957 bits per heavy atom. The van der Waals surface area contributed by atoms with Crippen LogP contribution in [0.15, 0.2) is 38.8 Å². The van der Waals surface area contributed by atoms with Crippen LogP contribution >= 0.6 is 12.4 Å². The third-order valence-electron chi connectivity index (χ3n) is 4.84. The fraction of sp³-hybridized carbons (Fsp3) is 0.500. The van der Waals surface area contributed by atoms with Gasteiger partial charge in [-0.25, -0.2) is 0 Å². The van der Waals surface area contributed by atoms with Crippen molar-refractivity contribution in [2.45, 2.75) is 60.8 Å². The van der Waals surface area contributed by atoms with Crippen molar-refractivity contribution in [3.05, 3.63) is 49.9 Å². The molecule has 0 heterocycles. The second-order valence-corrected chi connectivity index (χ2v) is 9.04. The maximum absolute atomic E-state index is 6.28. The fourth-order valence-corrected chi connectivity index (χ4v) is 4.57. The van der Waals surface area contributed by atoms with E-state index in [-0.39, 0.29) is 17.8 Å². The van der Waals surface area contributed by atoms with Gasteiger partial charge in [0.25, 0.3) is 0 Å². The molecule has 3 heteroatoms. The van der Waals surface area contributed by atoms with Crippen LogP contribution in [0.4, 0.5) is 0 Å². The van der Waals surface area contributed by atoms with E-state index in [9.17, 15) is 0 Å². The van der Waals surface area contributed by atoms with Crippen molar-refractivity contribution in [3.63, 3.8) is 0 Å². The van der Waals surface area contributed by atoms with Gasteiger partial charge in [0.15, 0.2) is 0 Å². The number of halogens is 1. The van der Waals surface area contributed by atoms with Crippen LogP contribution in [0.5, 0.6) is 5.75 Å². The Morgan fingerprint density at radius 3 is 2.04 bits per heavy atom. The molecule has 0 N–H and O–H groups in total. The van der Waals surface area contributed by atoms with Gasteiger partial charge in [0, 0.05) is 0 Å². The van der Waals surface area contributed by atoms with Crippen LogP contribution in [0, 0.1) is 12.8 Å². The zero-order valence-corrected chi connectivity index (χ0v) is 18.0. The van der Waals surface area contributed by atoms with Gasteiger partial charge in [0.05, 0.1) is 0 Å². The second kappa shape index (κ2) is 7.59. The maximum Gasteiger partial charge on any atom is -0.147 e. The molecule has 1 aliphatic rings. The molecule has 0 radical (unpaired) electrons. The first-order valence-electron chi connectivity index (χ1n) is 8.04. The molecule has 0 saturated carbocycles. The Balaban J connectivity index is 0.00000264. The summed E-state index contributed by atoms with van der Waals surface area (Å²) in [5.41, 5.74) is 7.24. The molecule has 1 atom stereocenters. The molecule has 0 spiro atoms. The first-order chi connectivity index (χ1) is 10.1. The van der Waals surface area contributed by atoms with Crippen molar-refractivity contribution in [3.8, 4) is 5.75 Å². The van der Waals surface area contributed by atoms with Crippen molar-refractivity contribution < 1.29 is 22.9 Å². The first-order valence-corrected chi connectivity index (χ1v) is 9.46. The van der Waals surface area contributed by atoms with Crippen LogP contribution in [0.3, 0.4) is 0 Å². The summed E-state index contributed by atoms with van der Waals surface area (Å²) in [5.74, 6) is 1.60. The van der Waals surface area contributed by atoms with Crippen LogP contribution in [0.1, 0.15) is 59.6 Å². The third kappa shape index (κ3) is 4.53. The molecule has 0 aliphatic heterocycles. The van der Waals surface area contributed by atoms with Gasteiger partial charge >= 0.3 is 145 Å². The molecular formula is C20H29ClOTi. The average Bonchev–Trinajstić information content (AvgIpc) is 2.60. The summed E-state index contributed by atoms with van der Waals surface area (Å²) in [6.07, 6.45) is 0. The van der Waals surface area contributed by atoms with Crippen LogP contribution in [0.2, 0.25) is 0 Å². The van der Waals surface area contributed by atoms with Gasteiger partial charge in [0.1, 0.15) is 0 Å². The second-order valence-electron chi connectivity index (χ2n) is 7.56. The molecule has 2 rings (SSSR count). The van der Waals surface area contributed by atoms with E-state index >= 15 is 0 Å². The van der Waals surface area contributed by atoms with Crippen LogP contribution in [-0.2, 0) is 25.0 Å². The molecule has 0 amide bonds. The summed E-state index contributed by atoms with van der Waals surface area (Å²) in [6.45, 7) is 18.0. The molecule has 0 saturated heterocycles. The van der Waals surface area contributed by atoms with Crippen LogP contribution in [0.25, 0.3) is 0 Å². The molecule has 1 nitrogen and oxygen atoms in total. The van der Waals surface area contributed by atoms with E-state index in [0.29, 0.717) is 5.92 Å². The maximum atomic E-state index is 6.28. The van der Waals surface area contributed by atoms with Crippen molar-refractivity contribution in [1.82, 2.24) is 0 Å². The quantitative estimate of drug-likeness (QED) is 0.565. The average molecular weight is 369 g/mol. The summed E-state index contributed by atoms with van der Waals surface area (Å²) in [7, 11) is 0. The number of hydrogen-bond donors (Lipinski definition) is 0. The summed E-state index contributed by atoms with van der Waals surface area (Å²) >= 11 is -0.567. The minimum Gasteiger partial charge on any atom is -0.147 e. The van der Waals surface area contributed by atoms with Crippen molar-refractivity contribution >= 4 is 12.4 Å². The fourth-order valence-electron chi connectivity index (χ4n) is 2.88.